The minimum absolute atomic E-state index is 0.655. The van der Waals surface area contributed by atoms with Gasteiger partial charge in [-0.05, 0) is 43.4 Å². The summed E-state index contributed by atoms with van der Waals surface area (Å²) in [7, 11) is 0. The van der Waals surface area contributed by atoms with Crippen LogP contribution in [0.15, 0.2) is 54.6 Å². The first-order valence-corrected chi connectivity index (χ1v) is 9.41. The maximum Gasteiger partial charge on any atom is 0.112 e. The van der Waals surface area contributed by atoms with Gasteiger partial charge in [0.2, 0.25) is 0 Å². The Labute approximate surface area is 144 Å². The van der Waals surface area contributed by atoms with Gasteiger partial charge in [0.05, 0.1) is 11.0 Å². The largest absolute Gasteiger partial charge is 0.328 e. The van der Waals surface area contributed by atoms with Gasteiger partial charge in [-0.2, -0.15) is 0 Å². The van der Waals surface area contributed by atoms with Crippen LogP contribution in [0.25, 0.3) is 11.0 Å². The lowest BCUT2D eigenvalue weighted by Gasteiger charge is -2.22. The Morgan fingerprint density at radius 3 is 2.46 bits per heavy atom. The van der Waals surface area contributed by atoms with Crippen molar-refractivity contribution in [3.05, 3.63) is 66.0 Å². The smallest absolute Gasteiger partial charge is 0.112 e. The summed E-state index contributed by atoms with van der Waals surface area (Å²) < 4.78 is 2.51. The molecule has 4 rings (SSSR count). The Balaban J connectivity index is 1.57. The van der Waals surface area contributed by atoms with Crippen LogP contribution in [-0.4, -0.2) is 9.55 Å². The van der Waals surface area contributed by atoms with Crippen molar-refractivity contribution in [1.29, 1.82) is 0 Å². The second kappa shape index (κ2) is 7.21. The molecule has 0 unspecified atom stereocenters. The molecule has 1 aliphatic carbocycles. The number of benzene rings is 2. The van der Waals surface area contributed by atoms with Gasteiger partial charge in [0, 0.05) is 12.5 Å². The van der Waals surface area contributed by atoms with Gasteiger partial charge in [-0.3, -0.25) is 0 Å². The van der Waals surface area contributed by atoms with E-state index in [4.69, 9.17) is 4.98 Å². The predicted molar refractivity (Wildman–Crippen MR) is 100 cm³/mol. The minimum atomic E-state index is 0.655. The summed E-state index contributed by atoms with van der Waals surface area (Å²) in [6, 6.07) is 19.5. The molecule has 0 N–H and O–H groups in total. The number of para-hydroxylation sites is 2. The quantitative estimate of drug-likeness (QED) is 0.588. The fourth-order valence-electron chi connectivity index (χ4n) is 4.09. The second-order valence-corrected chi connectivity index (χ2v) is 7.03. The number of fused-ring (bicyclic) bond motifs is 1. The molecule has 0 amide bonds. The number of imidazole rings is 1. The highest BCUT2D eigenvalue weighted by Crippen LogP contribution is 2.34. The average Bonchev–Trinajstić information content (AvgIpc) is 3.02. The standard InChI is InChI=1S/C22H26N2/c1-3-10-18(11-4-1)12-9-17-24-21-16-8-7-15-20(21)23-22(24)19-13-5-2-6-14-19/h1,3-4,7-8,10-11,15-16,19H,2,5-6,9,12-14,17H2. The normalized spacial score (nSPS) is 15.8. The molecule has 3 aromatic rings. The summed E-state index contributed by atoms with van der Waals surface area (Å²) in [5.41, 5.74) is 3.91. The van der Waals surface area contributed by atoms with Crippen molar-refractivity contribution in [3.8, 4) is 0 Å². The van der Waals surface area contributed by atoms with E-state index in [0.29, 0.717) is 5.92 Å². The summed E-state index contributed by atoms with van der Waals surface area (Å²) in [5.74, 6) is 1.99. The SMILES string of the molecule is c1ccc(CCCn2c(C3CCCCC3)nc3ccccc32)cc1. The van der Waals surface area contributed by atoms with Crippen molar-refractivity contribution in [2.75, 3.05) is 0 Å². The number of hydrogen-bond acceptors (Lipinski definition) is 1. The third-order valence-corrected chi connectivity index (χ3v) is 5.34. The maximum atomic E-state index is 5.02. The summed E-state index contributed by atoms with van der Waals surface area (Å²) in [6.45, 7) is 1.07. The van der Waals surface area contributed by atoms with Gasteiger partial charge in [0.15, 0.2) is 0 Å². The molecular formula is C22H26N2. The zero-order valence-corrected chi connectivity index (χ0v) is 14.3. The van der Waals surface area contributed by atoms with E-state index in [1.165, 1.54) is 55.4 Å². The Bertz CT molecular complexity index is 782. The molecule has 124 valence electrons. The number of aryl methyl sites for hydroxylation is 2. The van der Waals surface area contributed by atoms with E-state index in [1.54, 1.807) is 0 Å². The minimum Gasteiger partial charge on any atom is -0.328 e. The summed E-state index contributed by atoms with van der Waals surface area (Å²) in [4.78, 5) is 5.02. The highest BCUT2D eigenvalue weighted by molar-refractivity contribution is 5.76. The number of nitrogens with zero attached hydrogens (tertiary/aromatic N) is 2. The van der Waals surface area contributed by atoms with Gasteiger partial charge in [0.25, 0.3) is 0 Å². The van der Waals surface area contributed by atoms with Crippen LogP contribution in [-0.2, 0) is 13.0 Å². The molecule has 24 heavy (non-hydrogen) atoms. The van der Waals surface area contributed by atoms with Gasteiger partial charge < -0.3 is 4.57 Å². The monoisotopic (exact) mass is 318 g/mol. The summed E-state index contributed by atoms with van der Waals surface area (Å²) in [5, 5.41) is 0. The lowest BCUT2D eigenvalue weighted by Crippen LogP contribution is -2.13. The molecule has 2 heteroatoms. The molecule has 1 saturated carbocycles. The van der Waals surface area contributed by atoms with E-state index in [1.807, 2.05) is 0 Å². The maximum absolute atomic E-state index is 5.02. The van der Waals surface area contributed by atoms with Gasteiger partial charge in [0.1, 0.15) is 5.82 Å². The van der Waals surface area contributed by atoms with E-state index in [-0.39, 0.29) is 0 Å². The van der Waals surface area contributed by atoms with Crippen molar-refractivity contribution in [2.45, 2.75) is 57.4 Å². The summed E-state index contributed by atoms with van der Waals surface area (Å²) in [6.07, 6.45) is 9.03. The van der Waals surface area contributed by atoms with Crippen molar-refractivity contribution >= 4 is 11.0 Å². The fourth-order valence-corrected chi connectivity index (χ4v) is 4.09. The first-order valence-electron chi connectivity index (χ1n) is 9.41. The van der Waals surface area contributed by atoms with Gasteiger partial charge in [-0.25, -0.2) is 4.98 Å². The lowest BCUT2D eigenvalue weighted by molar-refractivity contribution is 0.415. The van der Waals surface area contributed by atoms with Gasteiger partial charge in [-0.15, -0.1) is 0 Å². The molecule has 0 bridgehead atoms. The Morgan fingerprint density at radius 1 is 0.875 bits per heavy atom. The molecule has 0 atom stereocenters. The third kappa shape index (κ3) is 3.24. The summed E-state index contributed by atoms with van der Waals surface area (Å²) >= 11 is 0. The van der Waals surface area contributed by atoms with E-state index in [2.05, 4.69) is 59.2 Å². The molecule has 0 spiro atoms. The van der Waals surface area contributed by atoms with Crippen LogP contribution in [0.2, 0.25) is 0 Å². The fraction of sp³-hybridized carbons (Fsp3) is 0.409. The molecular weight excluding hydrogens is 292 g/mol. The average molecular weight is 318 g/mol. The number of rotatable bonds is 5. The van der Waals surface area contributed by atoms with E-state index < -0.39 is 0 Å². The zero-order valence-electron chi connectivity index (χ0n) is 14.3. The highest BCUT2D eigenvalue weighted by Gasteiger charge is 2.22. The molecule has 0 radical (unpaired) electrons. The van der Waals surface area contributed by atoms with E-state index in [0.717, 1.165) is 18.5 Å². The molecule has 1 fully saturated rings. The Kier molecular flexibility index (Phi) is 4.64. The van der Waals surface area contributed by atoms with Crippen molar-refractivity contribution in [3.63, 3.8) is 0 Å². The van der Waals surface area contributed by atoms with Crippen LogP contribution in [0.4, 0.5) is 0 Å². The molecule has 1 aliphatic rings. The Morgan fingerprint density at radius 2 is 1.62 bits per heavy atom. The van der Waals surface area contributed by atoms with Crippen LogP contribution in [0.3, 0.4) is 0 Å². The predicted octanol–water partition coefficient (Wildman–Crippen LogP) is 5.72. The zero-order chi connectivity index (χ0) is 16.2. The number of aromatic nitrogens is 2. The molecule has 1 heterocycles. The van der Waals surface area contributed by atoms with Crippen LogP contribution in [0, 0.1) is 0 Å². The van der Waals surface area contributed by atoms with E-state index >= 15 is 0 Å². The topological polar surface area (TPSA) is 17.8 Å². The molecule has 0 aliphatic heterocycles. The van der Waals surface area contributed by atoms with Crippen LogP contribution in [0.5, 0.6) is 0 Å². The molecule has 2 aromatic carbocycles. The van der Waals surface area contributed by atoms with Crippen molar-refractivity contribution < 1.29 is 0 Å². The molecule has 2 nitrogen and oxygen atoms in total. The third-order valence-electron chi connectivity index (χ3n) is 5.34. The van der Waals surface area contributed by atoms with Crippen LogP contribution in [0.1, 0.15) is 55.8 Å². The van der Waals surface area contributed by atoms with Crippen LogP contribution >= 0.6 is 0 Å². The first-order chi connectivity index (χ1) is 11.9. The lowest BCUT2D eigenvalue weighted by atomic mass is 9.88. The van der Waals surface area contributed by atoms with E-state index in [9.17, 15) is 0 Å². The number of hydrogen-bond donors (Lipinski definition) is 0. The molecule has 1 aromatic heterocycles. The van der Waals surface area contributed by atoms with Gasteiger partial charge >= 0.3 is 0 Å². The van der Waals surface area contributed by atoms with Crippen molar-refractivity contribution in [1.82, 2.24) is 9.55 Å². The van der Waals surface area contributed by atoms with Crippen LogP contribution < -0.4 is 0 Å². The molecule has 0 saturated heterocycles. The van der Waals surface area contributed by atoms with Gasteiger partial charge in [-0.1, -0.05) is 61.7 Å². The first kappa shape index (κ1) is 15.4. The highest BCUT2D eigenvalue weighted by atomic mass is 15.1. The van der Waals surface area contributed by atoms with Crippen molar-refractivity contribution in [2.24, 2.45) is 0 Å². The second-order valence-electron chi connectivity index (χ2n) is 7.03. The Hall–Kier alpha value is -2.09.